The minimum absolute atomic E-state index is 0.258. The van der Waals surface area contributed by atoms with Gasteiger partial charge in [0.05, 0.1) is 12.2 Å². The monoisotopic (exact) mass is 306 g/mol. The highest BCUT2D eigenvalue weighted by Gasteiger charge is 2.24. The molecule has 0 fully saturated rings. The van der Waals surface area contributed by atoms with Gasteiger partial charge in [-0.05, 0) is 77.2 Å². The van der Waals surface area contributed by atoms with Crippen LogP contribution in [0.2, 0.25) is 0 Å². The Balaban J connectivity index is 2.82. The first-order valence-electron chi connectivity index (χ1n) is 8.64. The van der Waals surface area contributed by atoms with Crippen molar-refractivity contribution in [3.8, 4) is 0 Å². The maximum atomic E-state index is 10.6. The molecule has 4 atom stereocenters. The summed E-state index contributed by atoms with van der Waals surface area (Å²) in [6.07, 6.45) is 10.2. The summed E-state index contributed by atoms with van der Waals surface area (Å²) in [6, 6.07) is 0. The molecule has 22 heavy (non-hydrogen) atoms. The second kappa shape index (κ2) is 9.32. The lowest BCUT2D eigenvalue weighted by atomic mass is 9.80. The predicted molar refractivity (Wildman–Crippen MR) is 94.7 cm³/mol. The number of aliphatic hydroxyl groups excluding tert-OH is 2. The fourth-order valence-corrected chi connectivity index (χ4v) is 3.14. The van der Waals surface area contributed by atoms with Gasteiger partial charge in [0.25, 0.3) is 0 Å². The van der Waals surface area contributed by atoms with Gasteiger partial charge in [-0.1, -0.05) is 36.3 Å². The van der Waals surface area contributed by atoms with Crippen LogP contribution in [0.25, 0.3) is 0 Å². The SMILES string of the molecule is CC(C)=CCCC(C)C1CCC(C)=CCC(O)C(C)=CC1O. The third-order valence-corrected chi connectivity index (χ3v) is 4.87. The van der Waals surface area contributed by atoms with E-state index in [1.165, 1.54) is 11.1 Å². The Labute approximate surface area is 136 Å². The smallest absolute Gasteiger partial charge is 0.0782 e. The normalized spacial score (nSPS) is 28.4. The van der Waals surface area contributed by atoms with Crippen molar-refractivity contribution in [1.82, 2.24) is 0 Å². The lowest BCUT2D eigenvalue weighted by Gasteiger charge is -2.29. The van der Waals surface area contributed by atoms with Gasteiger partial charge in [-0.3, -0.25) is 0 Å². The van der Waals surface area contributed by atoms with Crippen LogP contribution in [0.4, 0.5) is 0 Å². The maximum absolute atomic E-state index is 10.6. The lowest BCUT2D eigenvalue weighted by molar-refractivity contribution is 0.104. The van der Waals surface area contributed by atoms with Gasteiger partial charge in [0.15, 0.2) is 0 Å². The van der Waals surface area contributed by atoms with E-state index in [1.807, 2.05) is 13.0 Å². The minimum atomic E-state index is -0.468. The first-order valence-corrected chi connectivity index (χ1v) is 8.64. The van der Waals surface area contributed by atoms with Gasteiger partial charge in [0, 0.05) is 0 Å². The van der Waals surface area contributed by atoms with Crippen molar-refractivity contribution in [3.05, 3.63) is 34.9 Å². The quantitative estimate of drug-likeness (QED) is 0.734. The molecule has 2 N–H and O–H groups in total. The van der Waals surface area contributed by atoms with Crippen molar-refractivity contribution >= 4 is 0 Å². The second-order valence-corrected chi connectivity index (χ2v) is 7.24. The van der Waals surface area contributed by atoms with Crippen LogP contribution in [-0.2, 0) is 0 Å². The van der Waals surface area contributed by atoms with E-state index in [0.29, 0.717) is 12.3 Å². The number of allylic oxidation sites excluding steroid dienone is 3. The van der Waals surface area contributed by atoms with Gasteiger partial charge in [-0.2, -0.15) is 0 Å². The van der Waals surface area contributed by atoms with Crippen LogP contribution in [0.15, 0.2) is 34.9 Å². The molecule has 0 heterocycles. The number of aliphatic hydroxyl groups is 2. The largest absolute Gasteiger partial charge is 0.389 e. The summed E-state index contributed by atoms with van der Waals surface area (Å²) in [6.45, 7) is 10.6. The first kappa shape index (κ1) is 19.2. The number of hydrogen-bond donors (Lipinski definition) is 2. The first-order chi connectivity index (χ1) is 10.3. The number of rotatable bonds is 4. The fourth-order valence-electron chi connectivity index (χ4n) is 3.14. The van der Waals surface area contributed by atoms with Crippen molar-refractivity contribution in [2.24, 2.45) is 11.8 Å². The van der Waals surface area contributed by atoms with E-state index in [1.54, 1.807) is 0 Å². The van der Waals surface area contributed by atoms with Gasteiger partial charge < -0.3 is 10.2 Å². The Morgan fingerprint density at radius 2 is 2.00 bits per heavy atom. The van der Waals surface area contributed by atoms with E-state index in [4.69, 9.17) is 0 Å². The Hall–Kier alpha value is -0.860. The summed E-state index contributed by atoms with van der Waals surface area (Å²) in [5.74, 6) is 0.730. The Morgan fingerprint density at radius 1 is 1.32 bits per heavy atom. The van der Waals surface area contributed by atoms with E-state index >= 15 is 0 Å². The molecule has 0 bridgehead atoms. The molecule has 0 aromatic rings. The van der Waals surface area contributed by atoms with Crippen LogP contribution in [0.3, 0.4) is 0 Å². The summed E-state index contributed by atoms with van der Waals surface area (Å²) < 4.78 is 0. The van der Waals surface area contributed by atoms with Crippen LogP contribution in [0.5, 0.6) is 0 Å². The van der Waals surface area contributed by atoms with Gasteiger partial charge >= 0.3 is 0 Å². The van der Waals surface area contributed by atoms with Crippen molar-refractivity contribution < 1.29 is 10.2 Å². The van der Waals surface area contributed by atoms with Gasteiger partial charge in [0.1, 0.15) is 0 Å². The molecular weight excluding hydrogens is 272 g/mol. The molecule has 0 saturated heterocycles. The highest BCUT2D eigenvalue weighted by atomic mass is 16.3. The van der Waals surface area contributed by atoms with E-state index in [-0.39, 0.29) is 5.92 Å². The zero-order chi connectivity index (χ0) is 16.7. The van der Waals surface area contributed by atoms with Crippen LogP contribution in [0.1, 0.15) is 66.7 Å². The van der Waals surface area contributed by atoms with Crippen LogP contribution in [-0.4, -0.2) is 22.4 Å². The third kappa shape index (κ3) is 6.50. The molecule has 2 nitrogen and oxygen atoms in total. The van der Waals surface area contributed by atoms with E-state index in [9.17, 15) is 10.2 Å². The predicted octanol–water partition coefficient (Wildman–Crippen LogP) is 4.78. The molecule has 0 amide bonds. The second-order valence-electron chi connectivity index (χ2n) is 7.24. The average Bonchev–Trinajstić information content (AvgIpc) is 2.43. The summed E-state index contributed by atoms with van der Waals surface area (Å²) in [7, 11) is 0. The minimum Gasteiger partial charge on any atom is -0.389 e. The molecule has 0 saturated carbocycles. The van der Waals surface area contributed by atoms with E-state index in [2.05, 4.69) is 39.8 Å². The topological polar surface area (TPSA) is 40.5 Å². The summed E-state index contributed by atoms with van der Waals surface area (Å²) in [4.78, 5) is 0. The molecule has 1 rings (SSSR count). The standard InChI is InChI=1S/C20H34O2/c1-14(2)7-6-8-16(4)18-11-9-15(3)10-12-19(21)17(5)13-20(18)22/h7,10,13,16,18-22H,6,8-9,11-12H2,1-5H3. The lowest BCUT2D eigenvalue weighted by Crippen LogP contribution is -2.27. The summed E-state index contributed by atoms with van der Waals surface area (Å²) in [5.41, 5.74) is 3.57. The highest BCUT2D eigenvalue weighted by molar-refractivity contribution is 5.13. The molecule has 1 aliphatic carbocycles. The van der Waals surface area contributed by atoms with Gasteiger partial charge in [0.2, 0.25) is 0 Å². The molecule has 4 unspecified atom stereocenters. The molecule has 0 aliphatic heterocycles. The highest BCUT2D eigenvalue weighted by Crippen LogP contribution is 2.30. The zero-order valence-electron chi connectivity index (χ0n) is 15.0. The number of hydrogen-bond acceptors (Lipinski definition) is 2. The molecule has 0 aromatic heterocycles. The van der Waals surface area contributed by atoms with E-state index < -0.39 is 12.2 Å². The summed E-state index contributed by atoms with van der Waals surface area (Å²) in [5, 5.41) is 20.8. The van der Waals surface area contributed by atoms with E-state index in [0.717, 1.165) is 31.3 Å². The van der Waals surface area contributed by atoms with Crippen LogP contribution < -0.4 is 0 Å². The van der Waals surface area contributed by atoms with Crippen molar-refractivity contribution in [3.63, 3.8) is 0 Å². The van der Waals surface area contributed by atoms with Crippen LogP contribution >= 0.6 is 0 Å². The maximum Gasteiger partial charge on any atom is 0.0782 e. The van der Waals surface area contributed by atoms with Crippen molar-refractivity contribution in [2.45, 2.75) is 78.9 Å². The Morgan fingerprint density at radius 3 is 2.64 bits per heavy atom. The van der Waals surface area contributed by atoms with Crippen molar-refractivity contribution in [1.29, 1.82) is 0 Å². The Bertz CT molecular complexity index is 427. The molecule has 0 aromatic carbocycles. The molecule has 1 aliphatic rings. The Kier molecular flexibility index (Phi) is 8.13. The molecule has 2 heteroatoms. The zero-order valence-corrected chi connectivity index (χ0v) is 15.0. The molecule has 0 radical (unpaired) electrons. The molecule has 126 valence electrons. The van der Waals surface area contributed by atoms with Gasteiger partial charge in [-0.15, -0.1) is 0 Å². The molecule has 0 spiro atoms. The van der Waals surface area contributed by atoms with Gasteiger partial charge in [-0.25, -0.2) is 0 Å². The van der Waals surface area contributed by atoms with Crippen molar-refractivity contribution in [2.75, 3.05) is 0 Å². The fraction of sp³-hybridized carbons (Fsp3) is 0.700. The summed E-state index contributed by atoms with van der Waals surface area (Å²) >= 11 is 0. The third-order valence-electron chi connectivity index (χ3n) is 4.87. The molecular formula is C20H34O2. The average molecular weight is 306 g/mol. The van der Waals surface area contributed by atoms with Crippen LogP contribution in [0, 0.1) is 11.8 Å².